The van der Waals surface area contributed by atoms with Crippen molar-refractivity contribution in [2.75, 3.05) is 31.1 Å². The van der Waals surface area contributed by atoms with Crippen molar-refractivity contribution in [2.24, 2.45) is 0 Å². The molecule has 4 heteroatoms. The zero-order valence-electron chi connectivity index (χ0n) is 8.47. The van der Waals surface area contributed by atoms with E-state index in [0.717, 1.165) is 32.6 Å². The van der Waals surface area contributed by atoms with Crippen LogP contribution in [0.1, 0.15) is 6.42 Å². The molecule has 0 aromatic heterocycles. The van der Waals surface area contributed by atoms with E-state index in [0.29, 0.717) is 10.7 Å². The Morgan fingerprint density at radius 1 is 1.27 bits per heavy atom. The van der Waals surface area contributed by atoms with Crippen LogP contribution in [0.5, 0.6) is 0 Å². The number of nitrogens with zero attached hydrogens (tertiary/aromatic N) is 1. The Bertz CT molecular complexity index is 335. The normalized spacial score (nSPS) is 17.6. The highest BCUT2D eigenvalue weighted by Gasteiger charge is 2.13. The van der Waals surface area contributed by atoms with E-state index in [1.165, 1.54) is 6.07 Å². The van der Waals surface area contributed by atoms with Gasteiger partial charge in [0.25, 0.3) is 0 Å². The predicted octanol–water partition coefficient (Wildman–Crippen LogP) is 2.28. The van der Waals surface area contributed by atoms with Crippen molar-refractivity contribution in [3.05, 3.63) is 29.0 Å². The third kappa shape index (κ3) is 2.61. The Morgan fingerprint density at radius 2 is 2.13 bits per heavy atom. The first-order valence-corrected chi connectivity index (χ1v) is 5.56. The first kappa shape index (κ1) is 10.7. The highest BCUT2D eigenvalue weighted by atomic mass is 35.5. The van der Waals surface area contributed by atoms with Crippen LogP contribution in [-0.4, -0.2) is 26.2 Å². The molecule has 1 aliphatic heterocycles. The molecule has 0 aliphatic carbocycles. The Balaban J connectivity index is 2.22. The quantitative estimate of drug-likeness (QED) is 0.794. The summed E-state index contributed by atoms with van der Waals surface area (Å²) in [7, 11) is 0. The van der Waals surface area contributed by atoms with Crippen LogP contribution < -0.4 is 10.2 Å². The van der Waals surface area contributed by atoms with Crippen LogP contribution in [0.2, 0.25) is 5.02 Å². The summed E-state index contributed by atoms with van der Waals surface area (Å²) in [6, 6.07) is 4.70. The number of benzene rings is 1. The van der Waals surface area contributed by atoms with Gasteiger partial charge in [0.2, 0.25) is 0 Å². The minimum Gasteiger partial charge on any atom is -0.368 e. The van der Waals surface area contributed by atoms with E-state index >= 15 is 0 Å². The van der Waals surface area contributed by atoms with E-state index in [-0.39, 0.29) is 5.82 Å². The fourth-order valence-electron chi connectivity index (χ4n) is 1.81. The van der Waals surface area contributed by atoms with Crippen molar-refractivity contribution in [2.45, 2.75) is 6.42 Å². The lowest BCUT2D eigenvalue weighted by molar-refractivity contribution is 0.618. The highest BCUT2D eigenvalue weighted by molar-refractivity contribution is 6.30. The lowest BCUT2D eigenvalue weighted by atomic mass is 10.2. The Hall–Kier alpha value is -0.800. The summed E-state index contributed by atoms with van der Waals surface area (Å²) in [5.41, 5.74) is 0.617. The molecule has 0 saturated carbocycles. The standard InChI is InChI=1S/C11H14ClFN2/c12-9-2-3-10(13)11(8-9)15-6-1-4-14-5-7-15/h2-3,8,14H,1,4-7H2. The van der Waals surface area contributed by atoms with Crippen LogP contribution in [0.15, 0.2) is 18.2 Å². The first-order valence-electron chi connectivity index (χ1n) is 5.18. The van der Waals surface area contributed by atoms with Crippen LogP contribution in [0.25, 0.3) is 0 Å². The zero-order chi connectivity index (χ0) is 10.7. The maximum Gasteiger partial charge on any atom is 0.146 e. The van der Waals surface area contributed by atoms with Crippen molar-refractivity contribution in [1.82, 2.24) is 5.32 Å². The number of hydrogen-bond acceptors (Lipinski definition) is 2. The van der Waals surface area contributed by atoms with E-state index in [4.69, 9.17) is 11.6 Å². The lowest BCUT2D eigenvalue weighted by Crippen LogP contribution is -2.28. The van der Waals surface area contributed by atoms with E-state index in [1.54, 1.807) is 12.1 Å². The summed E-state index contributed by atoms with van der Waals surface area (Å²) in [6.07, 6.45) is 1.03. The topological polar surface area (TPSA) is 15.3 Å². The summed E-state index contributed by atoms with van der Waals surface area (Å²) in [6.45, 7) is 3.60. The predicted molar refractivity (Wildman–Crippen MR) is 61.1 cm³/mol. The van der Waals surface area contributed by atoms with Gasteiger partial charge < -0.3 is 10.2 Å². The third-order valence-corrected chi connectivity index (χ3v) is 2.82. The van der Waals surface area contributed by atoms with Gasteiger partial charge in [-0.15, -0.1) is 0 Å². The minimum absolute atomic E-state index is 0.193. The molecule has 1 N–H and O–H groups in total. The molecule has 0 spiro atoms. The first-order chi connectivity index (χ1) is 7.27. The molecule has 2 nitrogen and oxygen atoms in total. The SMILES string of the molecule is Fc1ccc(Cl)cc1N1CCCNCC1. The number of nitrogens with one attached hydrogen (secondary N) is 1. The van der Waals surface area contributed by atoms with Crippen molar-refractivity contribution < 1.29 is 4.39 Å². The number of halogens is 2. The maximum absolute atomic E-state index is 13.6. The molecule has 1 fully saturated rings. The van der Waals surface area contributed by atoms with Gasteiger partial charge in [0.05, 0.1) is 5.69 Å². The van der Waals surface area contributed by atoms with Gasteiger partial charge in [0.1, 0.15) is 5.82 Å². The van der Waals surface area contributed by atoms with Gasteiger partial charge in [0, 0.05) is 24.7 Å². The number of anilines is 1. The molecular weight excluding hydrogens is 215 g/mol. The Morgan fingerprint density at radius 3 is 3.00 bits per heavy atom. The molecule has 1 aromatic rings. The van der Waals surface area contributed by atoms with E-state index in [9.17, 15) is 4.39 Å². The third-order valence-electron chi connectivity index (χ3n) is 2.59. The smallest absolute Gasteiger partial charge is 0.146 e. The summed E-state index contributed by atoms with van der Waals surface area (Å²) < 4.78 is 13.6. The maximum atomic E-state index is 13.6. The van der Waals surface area contributed by atoms with Crippen molar-refractivity contribution >= 4 is 17.3 Å². The fourth-order valence-corrected chi connectivity index (χ4v) is 1.98. The molecule has 0 amide bonds. The Labute approximate surface area is 94.0 Å². The Kier molecular flexibility index (Phi) is 3.44. The van der Waals surface area contributed by atoms with E-state index in [1.807, 2.05) is 4.90 Å². The van der Waals surface area contributed by atoms with Crippen molar-refractivity contribution in [1.29, 1.82) is 0 Å². The van der Waals surface area contributed by atoms with Crippen LogP contribution >= 0.6 is 11.6 Å². The summed E-state index contributed by atoms with van der Waals surface area (Å²) in [5, 5.41) is 3.87. The van der Waals surface area contributed by atoms with Crippen LogP contribution in [0.3, 0.4) is 0 Å². The molecule has 15 heavy (non-hydrogen) atoms. The second-order valence-corrected chi connectivity index (χ2v) is 4.12. The van der Waals surface area contributed by atoms with Gasteiger partial charge in [0.15, 0.2) is 0 Å². The average molecular weight is 229 g/mol. The van der Waals surface area contributed by atoms with Crippen molar-refractivity contribution in [3.8, 4) is 0 Å². The monoisotopic (exact) mass is 228 g/mol. The van der Waals surface area contributed by atoms with Gasteiger partial charge in [-0.1, -0.05) is 11.6 Å². The van der Waals surface area contributed by atoms with Crippen LogP contribution in [-0.2, 0) is 0 Å². The average Bonchev–Trinajstić information content (AvgIpc) is 2.50. The molecular formula is C11H14ClFN2. The zero-order valence-corrected chi connectivity index (χ0v) is 9.23. The number of rotatable bonds is 1. The van der Waals surface area contributed by atoms with E-state index in [2.05, 4.69) is 5.32 Å². The summed E-state index contributed by atoms with van der Waals surface area (Å²) in [4.78, 5) is 2.04. The number of hydrogen-bond donors (Lipinski definition) is 1. The van der Waals surface area contributed by atoms with Gasteiger partial charge in [-0.05, 0) is 31.2 Å². The second kappa shape index (κ2) is 4.81. The van der Waals surface area contributed by atoms with Gasteiger partial charge >= 0.3 is 0 Å². The van der Waals surface area contributed by atoms with Crippen LogP contribution in [0, 0.1) is 5.82 Å². The summed E-state index contributed by atoms with van der Waals surface area (Å²) in [5.74, 6) is -0.193. The highest BCUT2D eigenvalue weighted by Crippen LogP contribution is 2.23. The van der Waals surface area contributed by atoms with E-state index < -0.39 is 0 Å². The van der Waals surface area contributed by atoms with Gasteiger partial charge in [-0.3, -0.25) is 0 Å². The van der Waals surface area contributed by atoms with Crippen LogP contribution in [0.4, 0.5) is 10.1 Å². The van der Waals surface area contributed by atoms with Gasteiger partial charge in [-0.25, -0.2) is 4.39 Å². The largest absolute Gasteiger partial charge is 0.368 e. The molecule has 82 valence electrons. The molecule has 0 radical (unpaired) electrons. The lowest BCUT2D eigenvalue weighted by Gasteiger charge is -2.22. The van der Waals surface area contributed by atoms with Gasteiger partial charge in [-0.2, -0.15) is 0 Å². The molecule has 1 heterocycles. The molecule has 2 rings (SSSR count). The fraction of sp³-hybridized carbons (Fsp3) is 0.455. The molecule has 1 saturated heterocycles. The van der Waals surface area contributed by atoms with Crippen molar-refractivity contribution in [3.63, 3.8) is 0 Å². The molecule has 0 unspecified atom stereocenters. The minimum atomic E-state index is -0.193. The molecule has 0 atom stereocenters. The molecule has 1 aromatic carbocycles. The summed E-state index contributed by atoms with van der Waals surface area (Å²) >= 11 is 5.87. The molecule has 1 aliphatic rings. The second-order valence-electron chi connectivity index (χ2n) is 3.69. The molecule has 0 bridgehead atoms.